The van der Waals surface area contributed by atoms with Crippen LogP contribution in [0.4, 0.5) is 0 Å². The van der Waals surface area contributed by atoms with Crippen molar-refractivity contribution in [1.82, 2.24) is 10.2 Å². The van der Waals surface area contributed by atoms with Gasteiger partial charge in [-0.15, -0.1) is 0 Å². The molecule has 0 radical (unpaired) electrons. The molecule has 2 nitrogen and oxygen atoms in total. The Bertz CT molecular complexity index is 273. The van der Waals surface area contributed by atoms with E-state index < -0.39 is 0 Å². The Kier molecular flexibility index (Phi) is 0.598. The van der Waals surface area contributed by atoms with Crippen LogP contribution in [0.5, 0.6) is 0 Å². The molecule has 10 heavy (non-hydrogen) atoms. The number of hydrogen-bond donors (Lipinski definition) is 1. The van der Waals surface area contributed by atoms with Gasteiger partial charge < -0.3 is 10.2 Å². The molecule has 0 amide bonds. The van der Waals surface area contributed by atoms with Gasteiger partial charge in [-0.3, -0.25) is 0 Å². The molecule has 0 aromatic rings. The summed E-state index contributed by atoms with van der Waals surface area (Å²) < 4.78 is 0. The minimum atomic E-state index is 1.19. The molecule has 0 atom stereocenters. The van der Waals surface area contributed by atoms with Gasteiger partial charge in [0.05, 0.1) is 12.2 Å². The highest BCUT2D eigenvalue weighted by Crippen LogP contribution is 2.41. The summed E-state index contributed by atoms with van der Waals surface area (Å²) in [7, 11) is 0. The molecule has 3 aliphatic rings. The first-order valence-electron chi connectivity index (χ1n) is 3.82. The molecule has 1 N–H and O–H groups in total. The highest BCUT2D eigenvalue weighted by Gasteiger charge is 2.38. The van der Waals surface area contributed by atoms with E-state index in [2.05, 4.69) is 17.1 Å². The second-order valence-corrected chi connectivity index (χ2v) is 3.20. The van der Waals surface area contributed by atoms with Gasteiger partial charge in [0.15, 0.2) is 0 Å². The van der Waals surface area contributed by atoms with Gasteiger partial charge in [-0.2, -0.15) is 0 Å². The Morgan fingerprint density at radius 3 is 3.00 bits per heavy atom. The van der Waals surface area contributed by atoms with Crippen molar-refractivity contribution < 1.29 is 0 Å². The molecule has 0 aliphatic carbocycles. The highest BCUT2D eigenvalue weighted by molar-refractivity contribution is 5.43. The van der Waals surface area contributed by atoms with Crippen molar-refractivity contribution in [1.29, 1.82) is 0 Å². The molecule has 0 aromatic carbocycles. The highest BCUT2D eigenvalue weighted by atomic mass is 15.3. The minimum Gasteiger partial charge on any atom is -0.359 e. The summed E-state index contributed by atoms with van der Waals surface area (Å²) in [4.78, 5) is 2.40. The van der Waals surface area contributed by atoms with Crippen LogP contribution in [0.15, 0.2) is 22.8 Å². The van der Waals surface area contributed by atoms with Crippen molar-refractivity contribution >= 4 is 0 Å². The molecule has 0 saturated carbocycles. The van der Waals surface area contributed by atoms with Crippen molar-refractivity contribution in [2.45, 2.75) is 19.8 Å². The van der Waals surface area contributed by atoms with E-state index in [0.717, 1.165) is 0 Å². The van der Waals surface area contributed by atoms with Crippen LogP contribution in [0.3, 0.4) is 0 Å². The summed E-state index contributed by atoms with van der Waals surface area (Å²) in [6.07, 6.45) is 2.49. The van der Waals surface area contributed by atoms with E-state index >= 15 is 0 Å². The lowest BCUT2D eigenvalue weighted by atomic mass is 10.2. The molecule has 2 fully saturated rings. The predicted molar refractivity (Wildman–Crippen MR) is 38.8 cm³/mol. The Balaban J connectivity index is 2.21. The van der Waals surface area contributed by atoms with E-state index in [0.29, 0.717) is 0 Å². The Morgan fingerprint density at radius 2 is 2.10 bits per heavy atom. The van der Waals surface area contributed by atoms with Crippen LogP contribution in [0.1, 0.15) is 19.8 Å². The maximum atomic E-state index is 3.45. The summed E-state index contributed by atoms with van der Waals surface area (Å²) in [5, 5.41) is 3.45. The monoisotopic (exact) mass is 134 g/mol. The number of hydrogen-bond acceptors (Lipinski definition) is 2. The maximum Gasteiger partial charge on any atom is 0.0647 e. The first kappa shape index (κ1) is 4.83. The number of rotatable bonds is 0. The van der Waals surface area contributed by atoms with Crippen LogP contribution < -0.4 is 5.32 Å². The smallest absolute Gasteiger partial charge is 0.0647 e. The van der Waals surface area contributed by atoms with Gasteiger partial charge in [0, 0.05) is 17.1 Å². The summed E-state index contributed by atoms with van der Waals surface area (Å²) >= 11 is 0. The maximum absolute atomic E-state index is 3.45. The van der Waals surface area contributed by atoms with E-state index in [-0.39, 0.29) is 0 Å². The van der Waals surface area contributed by atoms with Gasteiger partial charge >= 0.3 is 0 Å². The zero-order valence-corrected chi connectivity index (χ0v) is 6.07. The van der Waals surface area contributed by atoms with Gasteiger partial charge in [0.2, 0.25) is 0 Å². The molecule has 0 unspecified atom stereocenters. The molecule has 0 aromatic heterocycles. The average molecular weight is 134 g/mol. The third-order valence-electron chi connectivity index (χ3n) is 2.65. The molecule has 0 spiro atoms. The zero-order valence-electron chi connectivity index (χ0n) is 6.07. The molecule has 3 heterocycles. The molecular formula is C8H10N2. The average Bonchev–Trinajstić information content (AvgIpc) is 2.61. The fourth-order valence-corrected chi connectivity index (χ4v) is 1.90. The van der Waals surface area contributed by atoms with Gasteiger partial charge in [-0.1, -0.05) is 0 Å². The van der Waals surface area contributed by atoms with E-state index in [1.165, 1.54) is 36.5 Å². The topological polar surface area (TPSA) is 15.0 Å². The molecule has 3 rings (SSSR count). The normalized spacial score (nSPS) is 27.1. The summed E-state index contributed by atoms with van der Waals surface area (Å²) in [6.45, 7) is 3.40. The second kappa shape index (κ2) is 1.24. The fourth-order valence-electron chi connectivity index (χ4n) is 1.90. The van der Waals surface area contributed by atoms with Crippen LogP contribution in [0.25, 0.3) is 0 Å². The van der Waals surface area contributed by atoms with Crippen molar-refractivity contribution in [3.05, 3.63) is 22.8 Å². The van der Waals surface area contributed by atoms with E-state index in [1.54, 1.807) is 5.70 Å². The lowest BCUT2D eigenvalue weighted by Gasteiger charge is -2.11. The summed E-state index contributed by atoms with van der Waals surface area (Å²) in [6, 6.07) is 0. The molecule has 3 aliphatic heterocycles. The van der Waals surface area contributed by atoms with Crippen molar-refractivity contribution in [3.63, 3.8) is 0 Å². The van der Waals surface area contributed by atoms with Crippen LogP contribution in [-0.2, 0) is 0 Å². The first-order chi connectivity index (χ1) is 4.86. The number of fused-ring (bicyclic) bond motifs is 3. The number of nitrogens with zero attached hydrogens (tertiary/aromatic N) is 1. The van der Waals surface area contributed by atoms with Gasteiger partial charge in [-0.05, 0) is 19.8 Å². The van der Waals surface area contributed by atoms with Crippen LogP contribution in [0.2, 0.25) is 0 Å². The lowest BCUT2D eigenvalue weighted by molar-refractivity contribution is 0.680. The third kappa shape index (κ3) is 0.385. The minimum absolute atomic E-state index is 1.19. The Labute approximate surface area is 60.2 Å². The van der Waals surface area contributed by atoms with E-state index in [1.807, 2.05) is 0 Å². The Morgan fingerprint density at radius 1 is 1.30 bits per heavy atom. The van der Waals surface area contributed by atoms with Crippen LogP contribution >= 0.6 is 0 Å². The summed E-state index contributed by atoms with van der Waals surface area (Å²) in [5.74, 6) is 0. The molecular weight excluding hydrogens is 124 g/mol. The predicted octanol–water partition coefficient (Wildman–Crippen LogP) is 1.14. The number of nitrogens with one attached hydrogen (secondary N) is 1. The van der Waals surface area contributed by atoms with Gasteiger partial charge in [0.25, 0.3) is 0 Å². The first-order valence-corrected chi connectivity index (χ1v) is 3.82. The SMILES string of the molecule is CC1=C2CCC(=C3CN13)N2. The lowest BCUT2D eigenvalue weighted by Crippen LogP contribution is -2.12. The second-order valence-electron chi connectivity index (χ2n) is 3.20. The quantitative estimate of drug-likeness (QED) is 0.500. The van der Waals surface area contributed by atoms with E-state index in [9.17, 15) is 0 Å². The molecule has 2 bridgehead atoms. The van der Waals surface area contributed by atoms with Crippen molar-refractivity contribution in [3.8, 4) is 0 Å². The van der Waals surface area contributed by atoms with Crippen LogP contribution in [0, 0.1) is 0 Å². The zero-order chi connectivity index (χ0) is 6.72. The van der Waals surface area contributed by atoms with Gasteiger partial charge in [-0.25, -0.2) is 0 Å². The molecule has 52 valence electrons. The van der Waals surface area contributed by atoms with Crippen molar-refractivity contribution in [2.75, 3.05) is 6.54 Å². The largest absolute Gasteiger partial charge is 0.359 e. The van der Waals surface area contributed by atoms with E-state index in [4.69, 9.17) is 0 Å². The van der Waals surface area contributed by atoms with Crippen LogP contribution in [-0.4, -0.2) is 11.4 Å². The Hall–Kier alpha value is -0.920. The molecule has 2 saturated heterocycles. The standard InChI is InChI=1S/C8H10N2/c1-5-6-2-3-7(9-6)8-4-10(5)8/h9H,2-4H2,1H3. The molecule has 2 heteroatoms. The number of allylic oxidation sites excluding steroid dienone is 3. The third-order valence-corrected chi connectivity index (χ3v) is 2.65. The summed E-state index contributed by atoms with van der Waals surface area (Å²) in [5.41, 5.74) is 5.94. The fraction of sp³-hybridized carbons (Fsp3) is 0.500. The van der Waals surface area contributed by atoms with Crippen molar-refractivity contribution in [2.24, 2.45) is 0 Å². The van der Waals surface area contributed by atoms with Gasteiger partial charge in [0.1, 0.15) is 0 Å².